The quantitative estimate of drug-likeness (QED) is 0.790. The molecule has 0 bridgehead atoms. The molecule has 0 saturated carbocycles. The van der Waals surface area contributed by atoms with E-state index >= 15 is 0 Å². The van der Waals surface area contributed by atoms with Gasteiger partial charge >= 0.3 is 0 Å². The zero-order valence-corrected chi connectivity index (χ0v) is 12.2. The molecular formula is C15H15ClN2O3. The lowest BCUT2D eigenvalue weighted by atomic mass is 10.0. The molecule has 110 valence electrons. The number of amides is 3. The zero-order chi connectivity index (χ0) is 15.0. The summed E-state index contributed by atoms with van der Waals surface area (Å²) in [5.41, 5.74) is 0.904. The third-order valence-electron chi connectivity index (χ3n) is 3.94. The molecule has 2 fully saturated rings. The molecule has 3 rings (SSSR count). The molecule has 3 amide bonds. The third kappa shape index (κ3) is 2.78. The number of hydrogen-bond donors (Lipinski definition) is 0. The Balaban J connectivity index is 1.54. The molecule has 2 saturated heterocycles. The first-order chi connectivity index (χ1) is 10.0. The Labute approximate surface area is 127 Å². The van der Waals surface area contributed by atoms with Gasteiger partial charge in [0.25, 0.3) is 0 Å². The van der Waals surface area contributed by atoms with Crippen LogP contribution in [0.4, 0.5) is 0 Å². The van der Waals surface area contributed by atoms with Crippen LogP contribution in [0.2, 0.25) is 5.02 Å². The summed E-state index contributed by atoms with van der Waals surface area (Å²) in [6.07, 6.45) is 0.911. The lowest BCUT2D eigenvalue weighted by Crippen LogP contribution is -2.62. The van der Waals surface area contributed by atoms with Crippen molar-refractivity contribution in [2.75, 3.05) is 13.1 Å². The SMILES string of the molecule is O=C(Cc1ccc(Cl)cc1)N1CC(N2C(=O)CCC2=O)C1. The number of likely N-dealkylation sites (tertiary alicyclic amines) is 2. The van der Waals surface area contributed by atoms with Crippen LogP contribution < -0.4 is 0 Å². The highest BCUT2D eigenvalue weighted by Crippen LogP contribution is 2.23. The minimum atomic E-state index is -0.137. The molecule has 2 heterocycles. The summed E-state index contributed by atoms with van der Waals surface area (Å²) in [7, 11) is 0. The summed E-state index contributed by atoms with van der Waals surface area (Å²) >= 11 is 5.80. The van der Waals surface area contributed by atoms with Gasteiger partial charge in [-0.25, -0.2) is 0 Å². The molecule has 0 unspecified atom stereocenters. The number of carbonyl (C=O) groups is 3. The Morgan fingerprint density at radius 3 is 2.24 bits per heavy atom. The lowest BCUT2D eigenvalue weighted by Gasteiger charge is -2.43. The first-order valence-electron chi connectivity index (χ1n) is 6.91. The van der Waals surface area contributed by atoms with Crippen LogP contribution in [-0.4, -0.2) is 46.7 Å². The van der Waals surface area contributed by atoms with E-state index in [2.05, 4.69) is 0 Å². The van der Waals surface area contributed by atoms with E-state index in [0.29, 0.717) is 37.4 Å². The van der Waals surface area contributed by atoms with E-state index in [1.807, 2.05) is 12.1 Å². The summed E-state index contributed by atoms with van der Waals surface area (Å²) in [4.78, 5) is 38.3. The summed E-state index contributed by atoms with van der Waals surface area (Å²) in [5, 5.41) is 0.640. The van der Waals surface area contributed by atoms with E-state index in [0.717, 1.165) is 5.56 Å². The Morgan fingerprint density at radius 1 is 1.10 bits per heavy atom. The van der Waals surface area contributed by atoms with Crippen molar-refractivity contribution < 1.29 is 14.4 Å². The summed E-state index contributed by atoms with van der Waals surface area (Å²) in [6.45, 7) is 0.897. The molecule has 1 aromatic rings. The van der Waals surface area contributed by atoms with E-state index in [1.54, 1.807) is 17.0 Å². The molecular weight excluding hydrogens is 292 g/mol. The Bertz CT molecular complexity index is 577. The molecule has 0 N–H and O–H groups in total. The number of hydrogen-bond acceptors (Lipinski definition) is 3. The number of benzene rings is 1. The number of nitrogens with zero attached hydrogens (tertiary/aromatic N) is 2. The van der Waals surface area contributed by atoms with Crippen molar-refractivity contribution in [2.24, 2.45) is 0 Å². The van der Waals surface area contributed by atoms with Gasteiger partial charge in [-0.2, -0.15) is 0 Å². The fourth-order valence-electron chi connectivity index (χ4n) is 2.71. The van der Waals surface area contributed by atoms with Crippen LogP contribution in [0.1, 0.15) is 18.4 Å². The van der Waals surface area contributed by atoms with Crippen molar-refractivity contribution in [3.8, 4) is 0 Å². The van der Waals surface area contributed by atoms with Gasteiger partial charge in [0, 0.05) is 31.0 Å². The molecule has 2 aliphatic rings. The van der Waals surface area contributed by atoms with Crippen LogP contribution in [0.25, 0.3) is 0 Å². The smallest absolute Gasteiger partial charge is 0.230 e. The average Bonchev–Trinajstić information content (AvgIpc) is 2.72. The highest BCUT2D eigenvalue weighted by Gasteiger charge is 2.42. The van der Waals surface area contributed by atoms with Crippen molar-refractivity contribution in [1.29, 1.82) is 0 Å². The molecule has 0 atom stereocenters. The van der Waals surface area contributed by atoms with Gasteiger partial charge in [-0.15, -0.1) is 0 Å². The molecule has 0 aromatic heterocycles. The molecule has 5 nitrogen and oxygen atoms in total. The second kappa shape index (κ2) is 5.48. The number of imide groups is 1. The van der Waals surface area contributed by atoms with Crippen LogP contribution in [0, 0.1) is 0 Å². The van der Waals surface area contributed by atoms with E-state index < -0.39 is 0 Å². The maximum Gasteiger partial charge on any atom is 0.230 e. The molecule has 6 heteroatoms. The second-order valence-electron chi connectivity index (χ2n) is 5.41. The van der Waals surface area contributed by atoms with Crippen molar-refractivity contribution >= 4 is 29.3 Å². The van der Waals surface area contributed by atoms with E-state index in [9.17, 15) is 14.4 Å². The predicted molar refractivity (Wildman–Crippen MR) is 76.6 cm³/mol. The normalized spacial score (nSPS) is 19.1. The first kappa shape index (κ1) is 14.1. The van der Waals surface area contributed by atoms with Gasteiger partial charge in [0.15, 0.2) is 0 Å². The Kier molecular flexibility index (Phi) is 3.68. The average molecular weight is 307 g/mol. The molecule has 0 spiro atoms. The maximum absolute atomic E-state index is 12.1. The summed E-state index contributed by atoms with van der Waals surface area (Å²) in [6, 6.07) is 7.02. The van der Waals surface area contributed by atoms with Gasteiger partial charge in [-0.05, 0) is 17.7 Å². The van der Waals surface area contributed by atoms with Crippen molar-refractivity contribution in [3.05, 3.63) is 34.9 Å². The van der Waals surface area contributed by atoms with Crippen LogP contribution in [0.15, 0.2) is 24.3 Å². The lowest BCUT2D eigenvalue weighted by molar-refractivity contribution is -0.151. The van der Waals surface area contributed by atoms with Gasteiger partial charge in [0.05, 0.1) is 12.5 Å². The minimum Gasteiger partial charge on any atom is -0.338 e. The minimum absolute atomic E-state index is 0.00710. The monoisotopic (exact) mass is 306 g/mol. The standard InChI is InChI=1S/C15H15ClN2O3/c16-11-3-1-10(2-4-11)7-15(21)17-8-12(9-17)18-13(19)5-6-14(18)20/h1-4,12H,5-9H2. The fourth-order valence-corrected chi connectivity index (χ4v) is 2.84. The van der Waals surface area contributed by atoms with Gasteiger partial charge < -0.3 is 4.90 Å². The van der Waals surface area contributed by atoms with Gasteiger partial charge in [0.2, 0.25) is 17.7 Å². The van der Waals surface area contributed by atoms with Gasteiger partial charge in [-0.1, -0.05) is 23.7 Å². The van der Waals surface area contributed by atoms with Crippen LogP contribution in [0.3, 0.4) is 0 Å². The topological polar surface area (TPSA) is 57.7 Å². The molecule has 2 aliphatic heterocycles. The van der Waals surface area contributed by atoms with Gasteiger partial charge in [-0.3, -0.25) is 19.3 Å². The summed E-state index contributed by atoms with van der Waals surface area (Å²) in [5.74, 6) is -0.225. The largest absolute Gasteiger partial charge is 0.338 e. The highest BCUT2D eigenvalue weighted by molar-refractivity contribution is 6.30. The van der Waals surface area contributed by atoms with Crippen molar-refractivity contribution in [1.82, 2.24) is 9.80 Å². The zero-order valence-electron chi connectivity index (χ0n) is 11.4. The third-order valence-corrected chi connectivity index (χ3v) is 4.19. The van der Waals surface area contributed by atoms with Crippen molar-refractivity contribution in [2.45, 2.75) is 25.3 Å². The molecule has 21 heavy (non-hydrogen) atoms. The first-order valence-corrected chi connectivity index (χ1v) is 7.29. The Hall–Kier alpha value is -1.88. The van der Waals surface area contributed by atoms with Crippen molar-refractivity contribution in [3.63, 3.8) is 0 Å². The van der Waals surface area contributed by atoms with Crippen LogP contribution >= 0.6 is 11.6 Å². The van der Waals surface area contributed by atoms with E-state index in [4.69, 9.17) is 11.6 Å². The number of carbonyl (C=O) groups excluding carboxylic acids is 3. The fraction of sp³-hybridized carbons (Fsp3) is 0.400. The van der Waals surface area contributed by atoms with Crippen LogP contribution in [-0.2, 0) is 20.8 Å². The highest BCUT2D eigenvalue weighted by atomic mass is 35.5. The Morgan fingerprint density at radius 2 is 1.67 bits per heavy atom. The summed E-state index contributed by atoms with van der Waals surface area (Å²) < 4.78 is 0. The van der Waals surface area contributed by atoms with Crippen LogP contribution in [0.5, 0.6) is 0 Å². The number of halogens is 1. The van der Waals surface area contributed by atoms with E-state index in [-0.39, 0.29) is 23.8 Å². The van der Waals surface area contributed by atoms with E-state index in [1.165, 1.54) is 4.90 Å². The predicted octanol–water partition coefficient (Wildman–Crippen LogP) is 1.24. The number of rotatable bonds is 3. The molecule has 0 aliphatic carbocycles. The molecule has 0 radical (unpaired) electrons. The maximum atomic E-state index is 12.1. The van der Waals surface area contributed by atoms with Gasteiger partial charge in [0.1, 0.15) is 0 Å². The molecule has 1 aromatic carbocycles. The second-order valence-corrected chi connectivity index (χ2v) is 5.85.